The van der Waals surface area contributed by atoms with Crippen molar-refractivity contribution in [1.82, 2.24) is 0 Å². The fraction of sp³-hybridized carbons (Fsp3) is 0.455. The molecule has 0 radical (unpaired) electrons. The summed E-state index contributed by atoms with van der Waals surface area (Å²) in [6, 6.07) is 8.69. The van der Waals surface area contributed by atoms with Crippen LogP contribution >= 0.6 is 28.6 Å². The smallest absolute Gasteiger partial charge is 0.0175 e. The minimum atomic E-state index is 0.393. The van der Waals surface area contributed by atoms with Crippen LogP contribution in [0.2, 0.25) is 0 Å². The Kier molecular flexibility index (Phi) is 2.70. The van der Waals surface area contributed by atoms with E-state index < -0.39 is 0 Å². The van der Waals surface area contributed by atoms with Gasteiger partial charge in [-0.15, -0.1) is 0 Å². The van der Waals surface area contributed by atoms with E-state index in [0.717, 1.165) is 10.2 Å². The van der Waals surface area contributed by atoms with Gasteiger partial charge >= 0.3 is 0 Å². The van der Waals surface area contributed by atoms with Gasteiger partial charge in [-0.2, -0.15) is 12.6 Å². The van der Waals surface area contributed by atoms with Crippen LogP contribution in [0.3, 0.4) is 0 Å². The molecule has 0 nitrogen and oxygen atoms in total. The van der Waals surface area contributed by atoms with Crippen LogP contribution in [0.4, 0.5) is 0 Å². The van der Waals surface area contributed by atoms with E-state index in [1.807, 2.05) is 0 Å². The molecule has 0 amide bonds. The lowest BCUT2D eigenvalue weighted by Crippen LogP contribution is -2.35. The Morgan fingerprint density at radius 1 is 1.23 bits per heavy atom. The molecule has 0 N–H and O–H groups in total. The number of thiol groups is 1. The lowest BCUT2D eigenvalue weighted by Gasteiger charge is -2.41. The largest absolute Gasteiger partial charge is 0.178 e. The van der Waals surface area contributed by atoms with Crippen molar-refractivity contribution in [2.45, 2.75) is 24.7 Å². The molecule has 0 aromatic heterocycles. The fourth-order valence-electron chi connectivity index (χ4n) is 1.95. The predicted octanol–water partition coefficient (Wildman–Crippen LogP) is 3.80. The van der Waals surface area contributed by atoms with Crippen molar-refractivity contribution >= 4 is 28.6 Å². The summed E-state index contributed by atoms with van der Waals surface area (Å²) in [5, 5.41) is 0. The van der Waals surface area contributed by atoms with Gasteiger partial charge in [0.1, 0.15) is 0 Å². The van der Waals surface area contributed by atoms with Gasteiger partial charge in [0.2, 0.25) is 0 Å². The van der Waals surface area contributed by atoms with Gasteiger partial charge < -0.3 is 0 Å². The number of rotatable bonds is 2. The third kappa shape index (κ3) is 1.66. The molecule has 1 aromatic carbocycles. The van der Waals surface area contributed by atoms with Crippen LogP contribution in [0.5, 0.6) is 0 Å². The van der Waals surface area contributed by atoms with Gasteiger partial charge in [0, 0.05) is 9.89 Å². The zero-order valence-electron chi connectivity index (χ0n) is 7.46. The van der Waals surface area contributed by atoms with Crippen LogP contribution in [0, 0.1) is 0 Å². The maximum absolute atomic E-state index is 4.46. The van der Waals surface area contributed by atoms with Gasteiger partial charge in [0.05, 0.1) is 0 Å². The number of benzene rings is 1. The summed E-state index contributed by atoms with van der Waals surface area (Å²) < 4.78 is 1.16. The second-order valence-electron chi connectivity index (χ2n) is 3.80. The van der Waals surface area contributed by atoms with Crippen LogP contribution in [0.1, 0.15) is 24.8 Å². The molecule has 0 bridgehead atoms. The third-order valence-electron chi connectivity index (χ3n) is 3.07. The summed E-state index contributed by atoms with van der Waals surface area (Å²) in [5.74, 6) is 0.981. The van der Waals surface area contributed by atoms with Crippen LogP contribution in [0.15, 0.2) is 28.7 Å². The highest BCUT2D eigenvalue weighted by molar-refractivity contribution is 9.10. The van der Waals surface area contributed by atoms with Crippen molar-refractivity contribution in [2.75, 3.05) is 5.75 Å². The topological polar surface area (TPSA) is 0 Å². The molecule has 0 saturated heterocycles. The molecule has 2 heteroatoms. The molecule has 13 heavy (non-hydrogen) atoms. The summed E-state index contributed by atoms with van der Waals surface area (Å²) in [4.78, 5) is 0. The summed E-state index contributed by atoms with van der Waals surface area (Å²) in [6.45, 7) is 0. The van der Waals surface area contributed by atoms with Gasteiger partial charge in [0.25, 0.3) is 0 Å². The van der Waals surface area contributed by atoms with Crippen molar-refractivity contribution in [3.8, 4) is 0 Å². The first-order valence-corrected chi connectivity index (χ1v) is 6.06. The standard InChI is InChI=1S/C11H13BrS/c12-10-4-2-9(3-5-10)11(8-13)6-1-7-11/h2-5,13H,1,6-8H2. The van der Waals surface area contributed by atoms with E-state index in [0.29, 0.717) is 5.41 Å². The van der Waals surface area contributed by atoms with Crippen molar-refractivity contribution in [1.29, 1.82) is 0 Å². The molecule has 0 spiro atoms. The van der Waals surface area contributed by atoms with Crippen molar-refractivity contribution in [3.05, 3.63) is 34.3 Å². The van der Waals surface area contributed by atoms with E-state index in [9.17, 15) is 0 Å². The Balaban J connectivity index is 2.28. The van der Waals surface area contributed by atoms with Crippen molar-refractivity contribution in [3.63, 3.8) is 0 Å². The highest BCUT2D eigenvalue weighted by atomic mass is 79.9. The Morgan fingerprint density at radius 2 is 1.85 bits per heavy atom. The zero-order chi connectivity index (χ0) is 9.31. The monoisotopic (exact) mass is 256 g/mol. The van der Waals surface area contributed by atoms with E-state index in [1.54, 1.807) is 0 Å². The summed E-state index contributed by atoms with van der Waals surface area (Å²) in [7, 11) is 0. The molecule has 0 unspecified atom stereocenters. The first-order valence-electron chi connectivity index (χ1n) is 4.64. The van der Waals surface area contributed by atoms with E-state index in [1.165, 1.54) is 24.8 Å². The number of hydrogen-bond donors (Lipinski definition) is 1. The third-order valence-corrected chi connectivity index (χ3v) is 4.20. The SMILES string of the molecule is SCC1(c2ccc(Br)cc2)CCC1. The van der Waals surface area contributed by atoms with Crippen LogP contribution in [-0.4, -0.2) is 5.75 Å². The van der Waals surface area contributed by atoms with Gasteiger partial charge in [-0.05, 0) is 36.3 Å². The molecule has 1 aliphatic carbocycles. The molecule has 1 aliphatic rings. The second-order valence-corrected chi connectivity index (χ2v) is 5.03. The Labute approximate surface area is 93.3 Å². The maximum atomic E-state index is 4.46. The molecule has 0 atom stereocenters. The number of halogens is 1. The molecule has 0 aliphatic heterocycles. The van der Waals surface area contributed by atoms with E-state index in [2.05, 4.69) is 52.8 Å². The minimum absolute atomic E-state index is 0.393. The molecule has 1 fully saturated rings. The zero-order valence-corrected chi connectivity index (χ0v) is 9.94. The molecule has 1 saturated carbocycles. The van der Waals surface area contributed by atoms with E-state index in [-0.39, 0.29) is 0 Å². The lowest BCUT2D eigenvalue weighted by molar-refractivity contribution is 0.279. The van der Waals surface area contributed by atoms with Crippen molar-refractivity contribution < 1.29 is 0 Å². The molecule has 1 aromatic rings. The molecule has 0 heterocycles. The normalized spacial score (nSPS) is 19.5. The van der Waals surface area contributed by atoms with Gasteiger partial charge in [-0.1, -0.05) is 34.5 Å². The molecular formula is C11H13BrS. The predicted molar refractivity (Wildman–Crippen MR) is 63.5 cm³/mol. The Hall–Kier alpha value is 0.0500. The minimum Gasteiger partial charge on any atom is -0.178 e. The average molecular weight is 257 g/mol. The molecular weight excluding hydrogens is 244 g/mol. The number of hydrogen-bond acceptors (Lipinski definition) is 1. The van der Waals surface area contributed by atoms with E-state index >= 15 is 0 Å². The molecule has 2 rings (SSSR count). The van der Waals surface area contributed by atoms with Crippen LogP contribution in [0.25, 0.3) is 0 Å². The summed E-state index contributed by atoms with van der Waals surface area (Å²) in [6.07, 6.45) is 3.97. The highest BCUT2D eigenvalue weighted by Crippen LogP contribution is 2.44. The first-order chi connectivity index (χ1) is 6.27. The fourth-order valence-corrected chi connectivity index (χ4v) is 2.71. The van der Waals surface area contributed by atoms with Crippen molar-refractivity contribution in [2.24, 2.45) is 0 Å². The highest BCUT2D eigenvalue weighted by Gasteiger charge is 2.36. The van der Waals surface area contributed by atoms with Crippen LogP contribution < -0.4 is 0 Å². The quantitative estimate of drug-likeness (QED) is 0.765. The Morgan fingerprint density at radius 3 is 2.23 bits per heavy atom. The van der Waals surface area contributed by atoms with Gasteiger partial charge in [-0.25, -0.2) is 0 Å². The molecule has 70 valence electrons. The first kappa shape index (κ1) is 9.60. The summed E-state index contributed by atoms with van der Waals surface area (Å²) >= 11 is 7.91. The lowest BCUT2D eigenvalue weighted by atomic mass is 9.66. The van der Waals surface area contributed by atoms with Crippen LogP contribution in [-0.2, 0) is 5.41 Å². The van der Waals surface area contributed by atoms with Gasteiger partial charge in [-0.3, -0.25) is 0 Å². The Bertz CT molecular complexity index is 282. The maximum Gasteiger partial charge on any atom is 0.0175 e. The van der Waals surface area contributed by atoms with E-state index in [4.69, 9.17) is 0 Å². The van der Waals surface area contributed by atoms with Gasteiger partial charge in [0.15, 0.2) is 0 Å². The average Bonchev–Trinajstić information content (AvgIpc) is 2.07. The second kappa shape index (κ2) is 3.66. The summed E-state index contributed by atoms with van der Waals surface area (Å²) in [5.41, 5.74) is 1.85.